The predicted octanol–water partition coefficient (Wildman–Crippen LogP) is 7.08. The standard InChI is InChI=1S/C37H21BN2S/c1-2-9-23(10-3-1)39-28-12-5-4-11-24(28)26-19-27-25-17-16-22-18-21-8-6-14-32-34(21)38-35(22)37(25)40(31(27)20-30(26)39)29-13-7-15-33(41-32)36(29)38/h1-17,19-20H,18H2. The van der Waals surface area contributed by atoms with E-state index in [9.17, 15) is 0 Å². The first-order valence-corrected chi connectivity index (χ1v) is 15.2. The van der Waals surface area contributed by atoms with Crippen molar-refractivity contribution in [2.75, 3.05) is 0 Å². The molecule has 0 aliphatic carbocycles. The third kappa shape index (κ3) is 2.42. The average molecular weight is 536 g/mol. The summed E-state index contributed by atoms with van der Waals surface area (Å²) < 4.78 is 5.04. The van der Waals surface area contributed by atoms with E-state index in [-0.39, 0.29) is 0 Å². The number of hydrogen-bond acceptors (Lipinski definition) is 1. The summed E-state index contributed by atoms with van der Waals surface area (Å²) in [6.07, 6.45) is 1.01. The molecule has 0 bridgehead atoms. The minimum Gasteiger partial charge on any atom is -0.310 e. The Labute approximate surface area is 240 Å². The van der Waals surface area contributed by atoms with Gasteiger partial charge in [0.15, 0.2) is 0 Å². The van der Waals surface area contributed by atoms with E-state index < -0.39 is 0 Å². The second-order valence-corrected chi connectivity index (χ2v) is 12.8. The fourth-order valence-electron chi connectivity index (χ4n) is 8.24. The normalized spacial score (nSPS) is 14.1. The van der Waals surface area contributed by atoms with Gasteiger partial charge in [-0.05, 0) is 77.0 Å². The van der Waals surface area contributed by atoms with Crippen molar-refractivity contribution in [1.82, 2.24) is 9.13 Å². The number of aromatic nitrogens is 2. The van der Waals surface area contributed by atoms with Crippen molar-refractivity contribution < 1.29 is 0 Å². The van der Waals surface area contributed by atoms with Gasteiger partial charge in [0.25, 0.3) is 0 Å². The van der Waals surface area contributed by atoms with Crippen LogP contribution in [-0.2, 0) is 6.42 Å². The molecule has 0 atom stereocenters. The summed E-state index contributed by atoms with van der Waals surface area (Å²) in [6, 6.07) is 43.3. The van der Waals surface area contributed by atoms with Crippen molar-refractivity contribution in [2.24, 2.45) is 0 Å². The summed E-state index contributed by atoms with van der Waals surface area (Å²) in [6.45, 7) is 0.311. The van der Waals surface area contributed by atoms with Crippen LogP contribution in [0.4, 0.5) is 0 Å². The first kappa shape index (κ1) is 21.1. The van der Waals surface area contributed by atoms with Crippen molar-refractivity contribution in [2.45, 2.75) is 16.2 Å². The Hall–Kier alpha value is -4.67. The first-order valence-electron chi connectivity index (χ1n) is 14.4. The molecular formula is C37H21BN2S. The van der Waals surface area contributed by atoms with Gasteiger partial charge in [-0.15, -0.1) is 0 Å². The van der Waals surface area contributed by atoms with Gasteiger partial charge in [-0.2, -0.15) is 0 Å². The summed E-state index contributed by atoms with van der Waals surface area (Å²) in [5.41, 5.74) is 15.3. The lowest BCUT2D eigenvalue weighted by Crippen LogP contribution is -2.62. The van der Waals surface area contributed by atoms with Crippen LogP contribution in [0.15, 0.2) is 125 Å². The lowest BCUT2D eigenvalue weighted by atomic mass is 9.32. The molecule has 188 valence electrons. The smallest absolute Gasteiger partial charge is 0.250 e. The molecular weight excluding hydrogens is 515 g/mol. The predicted molar refractivity (Wildman–Crippen MR) is 173 cm³/mol. The quantitative estimate of drug-likeness (QED) is 0.204. The Bertz CT molecular complexity index is 2470. The highest BCUT2D eigenvalue weighted by Crippen LogP contribution is 2.43. The molecule has 0 fully saturated rings. The van der Waals surface area contributed by atoms with Crippen LogP contribution >= 0.6 is 11.8 Å². The zero-order chi connectivity index (χ0) is 26.4. The summed E-state index contributed by atoms with van der Waals surface area (Å²) in [4.78, 5) is 2.83. The first-order chi connectivity index (χ1) is 20.3. The molecule has 4 heteroatoms. The van der Waals surface area contributed by atoms with Gasteiger partial charge in [0.05, 0.1) is 16.6 Å². The molecule has 0 unspecified atom stereocenters. The highest BCUT2D eigenvalue weighted by Gasteiger charge is 2.43. The molecule has 0 saturated carbocycles. The zero-order valence-corrected chi connectivity index (χ0v) is 22.9. The van der Waals surface area contributed by atoms with Crippen LogP contribution in [0.5, 0.6) is 0 Å². The highest BCUT2D eigenvalue weighted by atomic mass is 32.2. The molecule has 0 saturated heterocycles. The van der Waals surface area contributed by atoms with Crippen LogP contribution in [-0.4, -0.2) is 15.8 Å². The maximum Gasteiger partial charge on any atom is 0.250 e. The lowest BCUT2D eigenvalue weighted by Gasteiger charge is -2.38. The van der Waals surface area contributed by atoms with Crippen LogP contribution in [0.3, 0.4) is 0 Å². The van der Waals surface area contributed by atoms with Gasteiger partial charge < -0.3 is 9.13 Å². The van der Waals surface area contributed by atoms with E-state index in [1.165, 1.54) is 86.8 Å². The molecule has 8 aromatic rings. The van der Waals surface area contributed by atoms with E-state index >= 15 is 0 Å². The van der Waals surface area contributed by atoms with Crippen molar-refractivity contribution in [1.29, 1.82) is 0 Å². The molecule has 0 spiro atoms. The molecule has 6 aromatic carbocycles. The Balaban J connectivity index is 1.36. The molecule has 2 aromatic heterocycles. The molecule has 5 heterocycles. The molecule has 3 aliphatic rings. The zero-order valence-electron chi connectivity index (χ0n) is 22.1. The third-order valence-electron chi connectivity index (χ3n) is 9.77. The second kappa shape index (κ2) is 7.15. The number of benzene rings is 6. The fraction of sp³-hybridized carbons (Fsp3) is 0.0270. The molecule has 0 N–H and O–H groups in total. The van der Waals surface area contributed by atoms with Gasteiger partial charge in [-0.3, -0.25) is 0 Å². The maximum absolute atomic E-state index is 2.60. The minimum absolute atomic E-state index is 0.311. The SMILES string of the molecule is c1ccc(-n2c3ccccc3c3cc4c5ccc6c7c5n(c4cc32)-c2cccc3c2B7c2c(cccc2S3)C6)cc1. The topological polar surface area (TPSA) is 9.86 Å². The summed E-state index contributed by atoms with van der Waals surface area (Å²) in [5.74, 6) is 0. The average Bonchev–Trinajstić information content (AvgIpc) is 3.52. The molecule has 2 nitrogen and oxygen atoms in total. The molecule has 41 heavy (non-hydrogen) atoms. The highest BCUT2D eigenvalue weighted by molar-refractivity contribution is 8.00. The molecule has 11 rings (SSSR count). The fourth-order valence-corrected chi connectivity index (χ4v) is 9.46. The Morgan fingerprint density at radius 3 is 2.20 bits per heavy atom. The number of para-hydroxylation sites is 2. The Kier molecular flexibility index (Phi) is 3.68. The molecule has 0 amide bonds. The van der Waals surface area contributed by atoms with E-state index in [0.29, 0.717) is 6.71 Å². The van der Waals surface area contributed by atoms with Crippen molar-refractivity contribution in [3.8, 4) is 11.4 Å². The van der Waals surface area contributed by atoms with Crippen LogP contribution in [0.1, 0.15) is 11.1 Å². The maximum atomic E-state index is 2.60. The van der Waals surface area contributed by atoms with E-state index in [1.807, 2.05) is 11.8 Å². The third-order valence-corrected chi connectivity index (χ3v) is 10.9. The van der Waals surface area contributed by atoms with Crippen molar-refractivity contribution in [3.63, 3.8) is 0 Å². The largest absolute Gasteiger partial charge is 0.310 e. The minimum atomic E-state index is 0.311. The van der Waals surface area contributed by atoms with Gasteiger partial charge >= 0.3 is 0 Å². The molecule has 0 radical (unpaired) electrons. The van der Waals surface area contributed by atoms with E-state index in [4.69, 9.17) is 0 Å². The Morgan fingerprint density at radius 1 is 0.512 bits per heavy atom. The van der Waals surface area contributed by atoms with Crippen LogP contribution < -0.4 is 16.4 Å². The van der Waals surface area contributed by atoms with Crippen LogP contribution in [0, 0.1) is 0 Å². The van der Waals surface area contributed by atoms with E-state index in [2.05, 4.69) is 124 Å². The van der Waals surface area contributed by atoms with E-state index in [0.717, 1.165) is 6.42 Å². The van der Waals surface area contributed by atoms with Crippen LogP contribution in [0.25, 0.3) is 55.0 Å². The Morgan fingerprint density at radius 2 is 1.27 bits per heavy atom. The van der Waals surface area contributed by atoms with Gasteiger partial charge in [0, 0.05) is 48.2 Å². The summed E-state index contributed by atoms with van der Waals surface area (Å²) in [5, 5.41) is 5.32. The van der Waals surface area contributed by atoms with E-state index in [1.54, 1.807) is 5.46 Å². The second-order valence-electron chi connectivity index (χ2n) is 11.7. The van der Waals surface area contributed by atoms with Gasteiger partial charge in [-0.25, -0.2) is 0 Å². The van der Waals surface area contributed by atoms with Crippen LogP contribution in [0.2, 0.25) is 0 Å². The van der Waals surface area contributed by atoms with Crippen molar-refractivity contribution in [3.05, 3.63) is 126 Å². The number of nitrogens with zero attached hydrogens (tertiary/aromatic N) is 2. The van der Waals surface area contributed by atoms with Gasteiger partial charge in [0.1, 0.15) is 0 Å². The molecule has 3 aliphatic heterocycles. The van der Waals surface area contributed by atoms with Gasteiger partial charge in [0.2, 0.25) is 6.71 Å². The summed E-state index contributed by atoms with van der Waals surface area (Å²) in [7, 11) is 0. The summed E-state index contributed by atoms with van der Waals surface area (Å²) >= 11 is 1.95. The lowest BCUT2D eigenvalue weighted by molar-refractivity contribution is 1.14. The monoisotopic (exact) mass is 536 g/mol. The van der Waals surface area contributed by atoms with Crippen molar-refractivity contribution >= 4 is 78.5 Å². The van der Waals surface area contributed by atoms with Gasteiger partial charge in [-0.1, -0.05) is 84.0 Å². The number of fused-ring (bicyclic) bond motifs is 7. The number of rotatable bonds is 1. The number of hydrogen-bond donors (Lipinski definition) is 0.